The summed E-state index contributed by atoms with van der Waals surface area (Å²) in [7, 11) is 0. The first-order valence-electron chi connectivity index (χ1n) is 17.6. The molecule has 0 amide bonds. The van der Waals surface area contributed by atoms with Crippen molar-refractivity contribution in [3.05, 3.63) is 132 Å². The first-order valence-corrected chi connectivity index (χ1v) is 17.6. The Kier molecular flexibility index (Phi) is 7.13. The molecule has 6 aromatic carbocycles. The zero-order chi connectivity index (χ0) is 34.8. The number of hydrogen-bond acceptors (Lipinski definition) is 3. The summed E-state index contributed by atoms with van der Waals surface area (Å²) in [5.74, 6) is 1.22. The molecule has 0 radical (unpaired) electrons. The van der Waals surface area contributed by atoms with E-state index in [0.717, 1.165) is 71.3 Å². The van der Waals surface area contributed by atoms with Crippen LogP contribution in [0.2, 0.25) is 0 Å². The topological polar surface area (TPSA) is 43.8 Å². The molecule has 10 aromatic rings. The molecule has 52 heavy (non-hydrogen) atoms. The maximum Gasteiger partial charge on any atom is 2.00 e. The number of hydrogen-bond donors (Lipinski definition) is 0. The maximum absolute atomic E-state index is 6.64. The predicted octanol–water partition coefficient (Wildman–Crippen LogP) is 11.9. The van der Waals surface area contributed by atoms with E-state index in [4.69, 9.17) is 14.7 Å². The molecule has 0 unspecified atom stereocenters. The average molecular weight is 767 g/mol. The van der Waals surface area contributed by atoms with Gasteiger partial charge in [-0.15, -0.1) is 12.1 Å². The van der Waals surface area contributed by atoms with Gasteiger partial charge in [0.1, 0.15) is 0 Å². The van der Waals surface area contributed by atoms with Gasteiger partial charge in [0.25, 0.3) is 0 Å². The molecule has 4 aromatic heterocycles. The molecule has 0 aliphatic rings. The normalized spacial score (nSPS) is 12.7. The van der Waals surface area contributed by atoms with Crippen LogP contribution in [0.5, 0.6) is 11.5 Å². The van der Waals surface area contributed by atoms with Gasteiger partial charge in [-0.2, -0.15) is 0 Å². The Morgan fingerprint density at radius 2 is 1.06 bits per heavy atom. The Balaban J connectivity index is 0.00000360. The molecule has 0 atom stereocenters. The molecule has 0 aliphatic carbocycles. The fraction of sp³-hybridized carbons (Fsp3) is 0.174. The van der Waals surface area contributed by atoms with E-state index in [-0.39, 0.29) is 31.3 Å². The summed E-state index contributed by atoms with van der Waals surface area (Å²) in [6.07, 6.45) is 0. The fourth-order valence-corrected chi connectivity index (χ4v) is 7.89. The summed E-state index contributed by atoms with van der Waals surface area (Å²) in [5.41, 5.74) is 10.6. The first-order chi connectivity index (χ1) is 24.5. The Hall–Kier alpha value is -5.28. The molecule has 0 aliphatic heterocycles. The van der Waals surface area contributed by atoms with Crippen LogP contribution >= 0.6 is 0 Å². The minimum atomic E-state index is -0.0623. The van der Waals surface area contributed by atoms with Crippen LogP contribution < -0.4 is 4.74 Å². The molecule has 6 heteroatoms. The molecular formula is C46H36N4OPd. The molecule has 10 rings (SSSR count). The van der Waals surface area contributed by atoms with Crippen molar-refractivity contribution >= 4 is 76.7 Å². The van der Waals surface area contributed by atoms with Crippen molar-refractivity contribution in [3.63, 3.8) is 0 Å². The van der Waals surface area contributed by atoms with Gasteiger partial charge in [-0.3, -0.25) is 9.97 Å². The van der Waals surface area contributed by atoms with E-state index in [1.54, 1.807) is 0 Å². The minimum Gasteiger partial charge on any atom is -0.497 e. The predicted molar refractivity (Wildman–Crippen MR) is 211 cm³/mol. The number of pyridine rings is 2. The monoisotopic (exact) mass is 766 g/mol. The molecule has 0 saturated carbocycles. The maximum atomic E-state index is 6.64. The van der Waals surface area contributed by atoms with E-state index in [0.29, 0.717) is 11.5 Å². The number of aromatic nitrogens is 4. The Morgan fingerprint density at radius 3 is 1.67 bits per heavy atom. The molecule has 4 heterocycles. The van der Waals surface area contributed by atoms with Gasteiger partial charge in [-0.1, -0.05) is 136 Å². The van der Waals surface area contributed by atoms with Crippen molar-refractivity contribution < 1.29 is 25.2 Å². The number of nitrogens with zero attached hydrogens (tertiary/aromatic N) is 4. The van der Waals surface area contributed by atoms with Crippen LogP contribution in [0.15, 0.2) is 109 Å². The number of benzene rings is 6. The third-order valence-corrected chi connectivity index (χ3v) is 10.4. The molecule has 256 valence electrons. The van der Waals surface area contributed by atoms with Crippen LogP contribution in [-0.4, -0.2) is 18.8 Å². The molecule has 0 spiro atoms. The summed E-state index contributed by atoms with van der Waals surface area (Å²) in [6.45, 7) is 13.6. The first kappa shape index (κ1) is 32.6. The van der Waals surface area contributed by atoms with Crippen LogP contribution in [0.1, 0.15) is 52.7 Å². The van der Waals surface area contributed by atoms with Gasteiger partial charge in [-0.05, 0) is 69.1 Å². The van der Waals surface area contributed by atoms with Crippen LogP contribution in [0.25, 0.3) is 76.7 Å². The van der Waals surface area contributed by atoms with Crippen molar-refractivity contribution in [3.8, 4) is 11.5 Å². The molecule has 0 fully saturated rings. The van der Waals surface area contributed by atoms with E-state index >= 15 is 0 Å². The summed E-state index contributed by atoms with van der Waals surface area (Å²) in [5, 5.41) is 6.42. The standard InChI is InChI=1S/C46H36N4O.Pd/c1-45(2,3)27-18-21-31-30-22-19-28(25-33(30)43-47-37-14-8-10-16-39(37)50(43)41(31)24-27)51-29-20-23-32-34(26-29)44-48-36-13-7-9-15-38(36)49(44)40-17-11-12-35(42(32)40)46(4,5)6;/h7-24H,1-6H3;/q-2;+2. The molecule has 5 nitrogen and oxygen atoms in total. The molecular weight excluding hydrogens is 731 g/mol. The van der Waals surface area contributed by atoms with Gasteiger partial charge >= 0.3 is 20.4 Å². The minimum absolute atomic E-state index is 0. The number of fused-ring (bicyclic) bond motifs is 16. The summed E-state index contributed by atoms with van der Waals surface area (Å²) >= 11 is 0. The van der Waals surface area contributed by atoms with Crippen LogP contribution in [0.3, 0.4) is 0 Å². The fourth-order valence-electron chi connectivity index (χ4n) is 7.89. The number of rotatable bonds is 2. The zero-order valence-corrected chi connectivity index (χ0v) is 31.5. The van der Waals surface area contributed by atoms with E-state index in [1.165, 1.54) is 16.5 Å². The second-order valence-corrected chi connectivity index (χ2v) is 15.8. The van der Waals surface area contributed by atoms with Gasteiger partial charge in [0.05, 0.1) is 33.4 Å². The Morgan fingerprint density at radius 1 is 0.519 bits per heavy atom. The van der Waals surface area contributed by atoms with Crippen molar-refractivity contribution in [1.29, 1.82) is 0 Å². The van der Waals surface area contributed by atoms with Gasteiger partial charge in [-0.25, -0.2) is 0 Å². The second kappa shape index (κ2) is 11.4. The Labute approximate surface area is 315 Å². The van der Waals surface area contributed by atoms with E-state index in [9.17, 15) is 0 Å². The SMILES string of the molecule is CC(C)(C)c1ccc2c3ccc(Oc4[c-]c5c(cc4)c4c(C(C)(C)C)cccc4n4c6ccccc6nc54)[c-]c3c3nc4ccccc4n3c2c1.[Pd+2]. The largest absolute Gasteiger partial charge is 2.00 e. The number of para-hydroxylation sites is 4. The zero-order valence-electron chi connectivity index (χ0n) is 29.9. The molecule has 0 saturated heterocycles. The van der Waals surface area contributed by atoms with Crippen LogP contribution in [0.4, 0.5) is 0 Å². The smallest absolute Gasteiger partial charge is 0.497 e. The van der Waals surface area contributed by atoms with Crippen LogP contribution in [0, 0.1) is 12.1 Å². The van der Waals surface area contributed by atoms with Gasteiger partial charge in [0.2, 0.25) is 0 Å². The molecule has 0 bridgehead atoms. The van der Waals surface area contributed by atoms with E-state index in [2.05, 4.69) is 147 Å². The van der Waals surface area contributed by atoms with Crippen molar-refractivity contribution in [1.82, 2.24) is 18.8 Å². The molecule has 0 N–H and O–H groups in total. The number of imidazole rings is 2. The third kappa shape index (κ3) is 4.78. The van der Waals surface area contributed by atoms with Gasteiger partial charge in [0.15, 0.2) is 0 Å². The Bertz CT molecular complexity index is 3080. The van der Waals surface area contributed by atoms with E-state index in [1.807, 2.05) is 24.3 Å². The van der Waals surface area contributed by atoms with E-state index < -0.39 is 0 Å². The summed E-state index contributed by atoms with van der Waals surface area (Å²) in [6, 6.07) is 45.7. The quantitative estimate of drug-likeness (QED) is 0.1000. The summed E-state index contributed by atoms with van der Waals surface area (Å²) < 4.78 is 11.2. The third-order valence-electron chi connectivity index (χ3n) is 10.4. The number of ether oxygens (including phenoxy) is 1. The van der Waals surface area contributed by atoms with Crippen molar-refractivity contribution in [2.45, 2.75) is 52.4 Å². The van der Waals surface area contributed by atoms with Crippen LogP contribution in [-0.2, 0) is 31.3 Å². The average Bonchev–Trinajstić information content (AvgIpc) is 3.71. The van der Waals surface area contributed by atoms with Crippen molar-refractivity contribution in [2.24, 2.45) is 0 Å². The van der Waals surface area contributed by atoms with Gasteiger partial charge in [0, 0.05) is 22.5 Å². The van der Waals surface area contributed by atoms with Crippen molar-refractivity contribution in [2.75, 3.05) is 0 Å². The second-order valence-electron chi connectivity index (χ2n) is 15.8. The van der Waals surface area contributed by atoms with Gasteiger partial charge < -0.3 is 13.5 Å². The summed E-state index contributed by atoms with van der Waals surface area (Å²) in [4.78, 5) is 10.3.